The van der Waals surface area contributed by atoms with Crippen molar-refractivity contribution in [3.05, 3.63) is 45.2 Å². The highest BCUT2D eigenvalue weighted by Crippen LogP contribution is 2.34. The molecule has 2 amide bonds. The lowest BCUT2D eigenvalue weighted by Crippen LogP contribution is -2.46. The SMILES string of the molecule is O=C1/C(=C/c2cccs2)SC(=S)N1CC(=O)N(Cc1ccc(N2CCCCC2)o1)C1CCS(=O)(=O)C1. The van der Waals surface area contributed by atoms with E-state index in [1.807, 2.05) is 29.6 Å². The normalized spacial score (nSPS) is 23.1. The van der Waals surface area contributed by atoms with Crippen LogP contribution in [0.4, 0.5) is 5.88 Å². The van der Waals surface area contributed by atoms with E-state index < -0.39 is 15.9 Å². The quantitative estimate of drug-likeness (QED) is 0.370. The third-order valence-corrected chi connectivity index (χ3v) is 10.5. The molecular weight excluding hydrogens is 539 g/mol. The number of carbonyl (C=O) groups excluding carboxylic acids is 2. The van der Waals surface area contributed by atoms with Crippen molar-refractivity contribution in [3.63, 3.8) is 0 Å². The summed E-state index contributed by atoms with van der Waals surface area (Å²) in [4.78, 5) is 33.0. The van der Waals surface area contributed by atoms with Crippen LogP contribution in [0.3, 0.4) is 0 Å². The molecule has 3 aliphatic rings. The molecule has 0 aromatic carbocycles. The Balaban J connectivity index is 1.32. The number of piperidine rings is 1. The Bertz CT molecular complexity index is 1280. The van der Waals surface area contributed by atoms with Gasteiger partial charge in [-0.1, -0.05) is 30.0 Å². The summed E-state index contributed by atoms with van der Waals surface area (Å²) in [5.74, 6) is 0.666. The minimum Gasteiger partial charge on any atom is -0.444 e. The fourth-order valence-corrected chi connectivity index (χ4v) is 8.42. The first-order valence-corrected chi connectivity index (χ1v) is 15.8. The predicted octanol–water partition coefficient (Wildman–Crippen LogP) is 3.75. The van der Waals surface area contributed by atoms with Gasteiger partial charge in [-0.15, -0.1) is 11.3 Å². The zero-order chi connectivity index (χ0) is 25.3. The molecule has 36 heavy (non-hydrogen) atoms. The zero-order valence-corrected chi connectivity index (χ0v) is 22.9. The second-order valence-corrected chi connectivity index (χ2v) is 14.0. The van der Waals surface area contributed by atoms with Crippen molar-refractivity contribution < 1.29 is 22.4 Å². The van der Waals surface area contributed by atoms with Gasteiger partial charge in [-0.05, 0) is 49.3 Å². The van der Waals surface area contributed by atoms with Crippen molar-refractivity contribution >= 4 is 73.2 Å². The van der Waals surface area contributed by atoms with Crippen molar-refractivity contribution in [1.29, 1.82) is 0 Å². The number of thioether (sulfide) groups is 1. The first-order valence-electron chi connectivity index (χ1n) is 11.9. The Morgan fingerprint density at radius 2 is 2.03 bits per heavy atom. The van der Waals surface area contributed by atoms with Gasteiger partial charge >= 0.3 is 0 Å². The number of hydrogen-bond acceptors (Lipinski definition) is 9. The van der Waals surface area contributed by atoms with Crippen molar-refractivity contribution in [2.75, 3.05) is 36.0 Å². The monoisotopic (exact) mass is 565 g/mol. The minimum absolute atomic E-state index is 0.0449. The molecule has 3 aliphatic heterocycles. The first kappa shape index (κ1) is 25.5. The lowest BCUT2D eigenvalue weighted by Gasteiger charge is -2.29. The highest BCUT2D eigenvalue weighted by atomic mass is 32.2. The summed E-state index contributed by atoms with van der Waals surface area (Å²) in [5.41, 5.74) is 0. The first-order chi connectivity index (χ1) is 17.3. The summed E-state index contributed by atoms with van der Waals surface area (Å²) in [7, 11) is -3.22. The number of rotatable bonds is 7. The second-order valence-electron chi connectivity index (χ2n) is 9.15. The molecule has 0 bridgehead atoms. The van der Waals surface area contributed by atoms with Crippen LogP contribution in [-0.2, 0) is 26.0 Å². The highest BCUT2D eigenvalue weighted by Gasteiger charge is 2.39. The largest absolute Gasteiger partial charge is 0.444 e. The van der Waals surface area contributed by atoms with E-state index in [1.54, 1.807) is 11.0 Å². The van der Waals surface area contributed by atoms with Gasteiger partial charge < -0.3 is 14.2 Å². The Morgan fingerprint density at radius 3 is 2.72 bits per heavy atom. The summed E-state index contributed by atoms with van der Waals surface area (Å²) in [6.45, 7) is 1.78. The van der Waals surface area contributed by atoms with E-state index in [0.717, 1.165) is 36.7 Å². The Kier molecular flexibility index (Phi) is 7.57. The van der Waals surface area contributed by atoms with Crippen molar-refractivity contribution in [3.8, 4) is 0 Å². The Hall–Kier alpha value is -2.15. The van der Waals surface area contributed by atoms with E-state index in [2.05, 4.69) is 4.90 Å². The van der Waals surface area contributed by atoms with Gasteiger partial charge in [0.05, 0.1) is 23.0 Å². The molecule has 2 aromatic heterocycles. The molecule has 3 saturated heterocycles. The van der Waals surface area contributed by atoms with Crippen LogP contribution < -0.4 is 4.90 Å². The van der Waals surface area contributed by atoms with Gasteiger partial charge in [-0.2, -0.15) is 0 Å². The van der Waals surface area contributed by atoms with Crippen molar-refractivity contribution in [2.45, 2.75) is 38.3 Å². The molecule has 0 aliphatic carbocycles. The van der Waals surface area contributed by atoms with Crippen LogP contribution in [0.25, 0.3) is 6.08 Å². The van der Waals surface area contributed by atoms with E-state index in [4.69, 9.17) is 16.6 Å². The molecule has 5 heterocycles. The zero-order valence-electron chi connectivity index (χ0n) is 19.6. The van der Waals surface area contributed by atoms with Gasteiger partial charge in [-0.25, -0.2) is 8.42 Å². The molecule has 2 aromatic rings. The summed E-state index contributed by atoms with van der Waals surface area (Å²) >= 11 is 8.10. The molecule has 12 heteroatoms. The number of amides is 2. The van der Waals surface area contributed by atoms with Gasteiger partial charge in [0.25, 0.3) is 5.91 Å². The summed E-state index contributed by atoms with van der Waals surface area (Å²) in [5, 5.41) is 1.93. The number of thiocarbonyl (C=S) groups is 1. The van der Waals surface area contributed by atoms with E-state index in [-0.39, 0.29) is 36.4 Å². The van der Waals surface area contributed by atoms with Gasteiger partial charge in [-0.3, -0.25) is 14.5 Å². The van der Waals surface area contributed by atoms with Gasteiger partial charge in [0.15, 0.2) is 15.7 Å². The summed E-state index contributed by atoms with van der Waals surface area (Å²) in [6, 6.07) is 7.10. The van der Waals surface area contributed by atoms with Crippen LogP contribution >= 0.6 is 35.3 Å². The Labute approximate surface area is 224 Å². The molecular formula is C24H27N3O5S4. The highest BCUT2D eigenvalue weighted by molar-refractivity contribution is 8.26. The molecule has 0 radical (unpaired) electrons. The summed E-state index contributed by atoms with van der Waals surface area (Å²) < 4.78 is 30.8. The molecule has 8 nitrogen and oxygen atoms in total. The molecule has 1 atom stereocenters. The molecule has 192 valence electrons. The number of hydrogen-bond donors (Lipinski definition) is 0. The molecule has 1 unspecified atom stereocenters. The number of nitrogens with zero attached hydrogens (tertiary/aromatic N) is 3. The molecule has 0 spiro atoms. The van der Waals surface area contributed by atoms with Gasteiger partial charge in [0.1, 0.15) is 16.6 Å². The fraction of sp³-hybridized carbons (Fsp3) is 0.458. The van der Waals surface area contributed by atoms with Crippen molar-refractivity contribution in [2.24, 2.45) is 0 Å². The number of furan rings is 1. The Morgan fingerprint density at radius 1 is 1.22 bits per heavy atom. The molecule has 5 rings (SSSR count). The average Bonchev–Trinajstić information content (AvgIpc) is 3.65. The van der Waals surface area contributed by atoms with Crippen molar-refractivity contribution in [1.82, 2.24) is 9.80 Å². The van der Waals surface area contributed by atoms with Crippen LogP contribution in [0.5, 0.6) is 0 Å². The molecule has 0 N–H and O–H groups in total. The second kappa shape index (κ2) is 10.7. The standard InChI is InChI=1S/C24H27N3O5S4/c28-21(15-27-23(29)20(35-24(27)33)13-19-5-4-11-34-19)26(17-8-12-36(30,31)16-17)14-18-6-7-22(32-18)25-9-2-1-3-10-25/h4-7,11,13,17H,1-3,8-10,12,14-16H2/b20-13-. The van der Waals surface area contributed by atoms with E-state index in [1.165, 1.54) is 34.4 Å². The number of carbonyl (C=O) groups is 2. The molecule has 3 fully saturated rings. The summed E-state index contributed by atoms with van der Waals surface area (Å²) in [6.07, 6.45) is 5.59. The predicted molar refractivity (Wildman–Crippen MR) is 147 cm³/mol. The van der Waals surface area contributed by atoms with Crippen LogP contribution in [0, 0.1) is 0 Å². The maximum atomic E-state index is 13.5. The van der Waals surface area contributed by atoms with Crippen LogP contribution in [0.15, 0.2) is 39.0 Å². The van der Waals surface area contributed by atoms with E-state index in [0.29, 0.717) is 21.4 Å². The lowest BCUT2D eigenvalue weighted by atomic mass is 10.1. The maximum absolute atomic E-state index is 13.5. The third-order valence-electron chi connectivity index (χ3n) is 6.59. The topological polar surface area (TPSA) is 91.1 Å². The smallest absolute Gasteiger partial charge is 0.266 e. The van der Waals surface area contributed by atoms with E-state index >= 15 is 0 Å². The average molecular weight is 566 g/mol. The molecule has 0 saturated carbocycles. The number of anilines is 1. The lowest BCUT2D eigenvalue weighted by molar-refractivity contribution is -0.137. The van der Waals surface area contributed by atoms with Gasteiger partial charge in [0.2, 0.25) is 5.91 Å². The van der Waals surface area contributed by atoms with E-state index in [9.17, 15) is 18.0 Å². The van der Waals surface area contributed by atoms with Crippen LogP contribution in [0.1, 0.15) is 36.3 Å². The number of thiophene rings is 1. The van der Waals surface area contributed by atoms with Crippen LogP contribution in [-0.4, -0.2) is 71.5 Å². The fourth-order valence-electron chi connectivity index (χ4n) is 4.71. The number of sulfone groups is 1. The minimum atomic E-state index is -3.22. The van der Waals surface area contributed by atoms with Gasteiger partial charge in [0, 0.05) is 30.1 Å². The maximum Gasteiger partial charge on any atom is 0.266 e. The third kappa shape index (κ3) is 5.71. The van der Waals surface area contributed by atoms with Crippen LogP contribution in [0.2, 0.25) is 0 Å².